The van der Waals surface area contributed by atoms with Crippen LogP contribution in [0.25, 0.3) is 0 Å². The number of nitrogens with zero attached hydrogens (tertiary/aromatic N) is 4. The molecule has 96 valence electrons. The molecule has 0 amide bonds. The van der Waals surface area contributed by atoms with Crippen molar-refractivity contribution in [3.63, 3.8) is 0 Å². The third-order valence-electron chi connectivity index (χ3n) is 2.79. The van der Waals surface area contributed by atoms with E-state index in [1.807, 2.05) is 23.0 Å². The maximum atomic E-state index is 4.20. The Hall–Kier alpha value is -1.75. The van der Waals surface area contributed by atoms with Gasteiger partial charge in [-0.2, -0.15) is 0 Å². The second-order valence-electron chi connectivity index (χ2n) is 4.37. The van der Waals surface area contributed by atoms with Crippen LogP contribution in [-0.4, -0.2) is 26.5 Å². The number of nitrogens with one attached hydrogen (secondary N) is 1. The molecule has 0 spiro atoms. The predicted octanol–water partition coefficient (Wildman–Crippen LogP) is 1.78. The van der Waals surface area contributed by atoms with Gasteiger partial charge in [-0.3, -0.25) is 4.98 Å². The van der Waals surface area contributed by atoms with Gasteiger partial charge >= 0.3 is 0 Å². The van der Waals surface area contributed by atoms with E-state index < -0.39 is 0 Å². The molecule has 0 aliphatic rings. The van der Waals surface area contributed by atoms with Gasteiger partial charge in [-0.15, -0.1) is 5.10 Å². The Bertz CT molecular complexity index is 465. The summed E-state index contributed by atoms with van der Waals surface area (Å²) in [4.78, 5) is 4.00. The van der Waals surface area contributed by atoms with Gasteiger partial charge in [0.2, 0.25) is 0 Å². The Balaban J connectivity index is 1.98. The molecule has 1 atom stereocenters. The Morgan fingerprint density at radius 1 is 1.33 bits per heavy atom. The summed E-state index contributed by atoms with van der Waals surface area (Å²) in [5, 5.41) is 11.7. The van der Waals surface area contributed by atoms with Crippen LogP contribution in [0.2, 0.25) is 0 Å². The van der Waals surface area contributed by atoms with Gasteiger partial charge in [0, 0.05) is 12.4 Å². The van der Waals surface area contributed by atoms with Crippen molar-refractivity contribution in [3.8, 4) is 0 Å². The summed E-state index contributed by atoms with van der Waals surface area (Å²) in [6.45, 7) is 5.99. The number of rotatable bonds is 6. The van der Waals surface area contributed by atoms with Crippen molar-refractivity contribution in [3.05, 3.63) is 42.0 Å². The van der Waals surface area contributed by atoms with E-state index in [4.69, 9.17) is 0 Å². The van der Waals surface area contributed by atoms with Gasteiger partial charge in [0.15, 0.2) is 0 Å². The van der Waals surface area contributed by atoms with E-state index in [1.165, 1.54) is 5.56 Å². The molecule has 2 aromatic rings. The van der Waals surface area contributed by atoms with Crippen LogP contribution < -0.4 is 5.32 Å². The van der Waals surface area contributed by atoms with Crippen molar-refractivity contribution in [2.24, 2.45) is 0 Å². The molecule has 5 heteroatoms. The number of aromatic nitrogens is 4. The first-order chi connectivity index (χ1) is 8.79. The lowest BCUT2D eigenvalue weighted by Crippen LogP contribution is -2.19. The first-order valence-electron chi connectivity index (χ1n) is 6.32. The second kappa shape index (κ2) is 6.26. The van der Waals surface area contributed by atoms with Crippen molar-refractivity contribution in [2.75, 3.05) is 6.54 Å². The summed E-state index contributed by atoms with van der Waals surface area (Å²) < 4.78 is 1.86. The summed E-state index contributed by atoms with van der Waals surface area (Å²) in [7, 11) is 0. The molecule has 0 saturated heterocycles. The largest absolute Gasteiger partial charge is 0.309 e. The minimum atomic E-state index is 0.246. The third-order valence-corrected chi connectivity index (χ3v) is 2.79. The van der Waals surface area contributed by atoms with Crippen molar-refractivity contribution in [2.45, 2.75) is 32.9 Å². The highest BCUT2D eigenvalue weighted by atomic mass is 15.4. The van der Waals surface area contributed by atoms with Gasteiger partial charge in [-0.1, -0.05) is 12.1 Å². The molecule has 2 rings (SSSR count). The fourth-order valence-corrected chi connectivity index (χ4v) is 1.73. The summed E-state index contributed by atoms with van der Waals surface area (Å²) in [6.07, 6.45) is 6.69. The Morgan fingerprint density at radius 3 is 2.83 bits per heavy atom. The van der Waals surface area contributed by atoms with Crippen LogP contribution >= 0.6 is 0 Å². The molecule has 5 nitrogen and oxygen atoms in total. The van der Waals surface area contributed by atoms with Crippen LogP contribution in [0.5, 0.6) is 0 Å². The molecule has 0 aromatic carbocycles. The average Bonchev–Trinajstić information content (AvgIpc) is 2.86. The number of hydrogen-bond donors (Lipinski definition) is 1. The lowest BCUT2D eigenvalue weighted by Gasteiger charge is -2.08. The summed E-state index contributed by atoms with van der Waals surface area (Å²) in [6, 6.07) is 4.22. The highest BCUT2D eigenvalue weighted by molar-refractivity contribution is 5.10. The van der Waals surface area contributed by atoms with E-state index in [0.29, 0.717) is 0 Å². The lowest BCUT2D eigenvalue weighted by atomic mass is 10.2. The molecule has 18 heavy (non-hydrogen) atoms. The first kappa shape index (κ1) is 12.7. The van der Waals surface area contributed by atoms with Crippen molar-refractivity contribution < 1.29 is 0 Å². The average molecular weight is 245 g/mol. The Kier molecular flexibility index (Phi) is 4.41. The number of pyridine rings is 1. The van der Waals surface area contributed by atoms with E-state index in [9.17, 15) is 0 Å². The standard InChI is InChI=1S/C13H19N5/c1-3-6-15-11(2)13-10-18(17-16-13)9-12-4-7-14-8-5-12/h4-5,7-8,10-11,15H,3,6,9H2,1-2H3. The summed E-state index contributed by atoms with van der Waals surface area (Å²) in [5.41, 5.74) is 2.16. The molecule has 0 aliphatic carbocycles. The van der Waals surface area contributed by atoms with Gasteiger partial charge in [0.1, 0.15) is 0 Å². The molecule has 1 N–H and O–H groups in total. The fourth-order valence-electron chi connectivity index (χ4n) is 1.73. The van der Waals surface area contributed by atoms with Gasteiger partial charge in [0.25, 0.3) is 0 Å². The zero-order valence-electron chi connectivity index (χ0n) is 10.9. The molecule has 0 aliphatic heterocycles. The van der Waals surface area contributed by atoms with E-state index in [-0.39, 0.29) is 6.04 Å². The smallest absolute Gasteiger partial charge is 0.0993 e. The van der Waals surface area contributed by atoms with Gasteiger partial charge < -0.3 is 5.32 Å². The van der Waals surface area contributed by atoms with Crippen molar-refractivity contribution in [1.82, 2.24) is 25.3 Å². The van der Waals surface area contributed by atoms with Gasteiger partial charge in [0.05, 0.1) is 24.5 Å². The summed E-state index contributed by atoms with van der Waals surface area (Å²) in [5.74, 6) is 0. The molecule has 0 radical (unpaired) electrons. The SMILES string of the molecule is CCCNC(C)c1cn(Cc2ccncc2)nn1. The zero-order valence-corrected chi connectivity index (χ0v) is 10.9. The van der Waals surface area contributed by atoms with E-state index in [1.54, 1.807) is 12.4 Å². The number of hydrogen-bond acceptors (Lipinski definition) is 4. The maximum absolute atomic E-state index is 4.20. The Labute approximate surface area is 107 Å². The quantitative estimate of drug-likeness (QED) is 0.843. The highest BCUT2D eigenvalue weighted by Crippen LogP contribution is 2.08. The zero-order chi connectivity index (χ0) is 12.8. The monoisotopic (exact) mass is 245 g/mol. The topological polar surface area (TPSA) is 55.6 Å². The lowest BCUT2D eigenvalue weighted by molar-refractivity contribution is 0.557. The van der Waals surface area contributed by atoms with Gasteiger partial charge in [-0.25, -0.2) is 4.68 Å². The highest BCUT2D eigenvalue weighted by Gasteiger charge is 2.08. The normalized spacial score (nSPS) is 12.6. The maximum Gasteiger partial charge on any atom is 0.0993 e. The van der Waals surface area contributed by atoms with Crippen LogP contribution in [0.4, 0.5) is 0 Å². The molecule has 1 unspecified atom stereocenters. The first-order valence-corrected chi connectivity index (χ1v) is 6.32. The van der Waals surface area contributed by atoms with Crippen LogP contribution in [0.3, 0.4) is 0 Å². The fraction of sp³-hybridized carbons (Fsp3) is 0.462. The molecule has 0 fully saturated rings. The molecular formula is C13H19N5. The van der Waals surface area contributed by atoms with Gasteiger partial charge in [-0.05, 0) is 37.6 Å². The molecular weight excluding hydrogens is 226 g/mol. The van der Waals surface area contributed by atoms with Crippen molar-refractivity contribution in [1.29, 1.82) is 0 Å². The van der Waals surface area contributed by atoms with Crippen LogP contribution in [0.1, 0.15) is 37.6 Å². The minimum absolute atomic E-state index is 0.246. The van der Waals surface area contributed by atoms with Crippen LogP contribution in [-0.2, 0) is 6.54 Å². The van der Waals surface area contributed by atoms with E-state index >= 15 is 0 Å². The molecule has 2 heterocycles. The van der Waals surface area contributed by atoms with Crippen LogP contribution in [0.15, 0.2) is 30.7 Å². The van der Waals surface area contributed by atoms with Crippen molar-refractivity contribution >= 4 is 0 Å². The molecule has 0 saturated carbocycles. The second-order valence-corrected chi connectivity index (χ2v) is 4.37. The predicted molar refractivity (Wildman–Crippen MR) is 70.1 cm³/mol. The molecule has 2 aromatic heterocycles. The van der Waals surface area contributed by atoms with E-state index in [0.717, 1.165) is 25.2 Å². The Morgan fingerprint density at radius 2 is 2.11 bits per heavy atom. The third kappa shape index (κ3) is 3.37. The summed E-state index contributed by atoms with van der Waals surface area (Å²) >= 11 is 0. The minimum Gasteiger partial charge on any atom is -0.309 e. The molecule has 0 bridgehead atoms. The van der Waals surface area contributed by atoms with E-state index in [2.05, 4.69) is 34.5 Å². The van der Waals surface area contributed by atoms with Crippen LogP contribution in [0, 0.1) is 0 Å².